The molecule has 3 nitrogen and oxygen atoms in total. The molecule has 2 rings (SSSR count). The Hall–Kier alpha value is -2.02. The molecule has 0 atom stereocenters. The summed E-state index contributed by atoms with van der Waals surface area (Å²) in [7, 11) is -4.19. The number of para-hydroxylation sites is 1. The molecule has 106 valence electrons. The molecule has 0 aliphatic heterocycles. The molecule has 0 unspecified atom stereocenters. The normalized spacial score (nSPS) is 11.4. The molecule has 0 fully saturated rings. The summed E-state index contributed by atoms with van der Waals surface area (Å²) < 4.78 is 65.8. The van der Waals surface area contributed by atoms with Gasteiger partial charge >= 0.3 is 0 Å². The van der Waals surface area contributed by atoms with Gasteiger partial charge in [-0.3, -0.25) is 4.72 Å². The second-order valence-corrected chi connectivity index (χ2v) is 5.80. The molecular weight excluding hydrogens is 291 g/mol. The van der Waals surface area contributed by atoms with E-state index in [1.165, 1.54) is 6.92 Å². The lowest BCUT2D eigenvalue weighted by molar-refractivity contribution is 0.582. The van der Waals surface area contributed by atoms with Gasteiger partial charge in [0.15, 0.2) is 0 Å². The first-order valence-electron chi connectivity index (χ1n) is 5.54. The van der Waals surface area contributed by atoms with Gasteiger partial charge in [-0.05, 0) is 42.8 Å². The summed E-state index contributed by atoms with van der Waals surface area (Å²) in [6.07, 6.45) is 0. The van der Waals surface area contributed by atoms with Gasteiger partial charge in [0.05, 0.1) is 4.90 Å². The van der Waals surface area contributed by atoms with Crippen LogP contribution in [0.4, 0.5) is 18.9 Å². The van der Waals surface area contributed by atoms with Crippen molar-refractivity contribution in [2.75, 3.05) is 4.72 Å². The van der Waals surface area contributed by atoms with Crippen molar-refractivity contribution in [1.82, 2.24) is 0 Å². The predicted molar refractivity (Wildman–Crippen MR) is 68.3 cm³/mol. The van der Waals surface area contributed by atoms with Crippen molar-refractivity contribution >= 4 is 15.7 Å². The van der Waals surface area contributed by atoms with Crippen LogP contribution in [-0.4, -0.2) is 8.42 Å². The minimum absolute atomic E-state index is 0.113. The van der Waals surface area contributed by atoms with Crippen LogP contribution in [0.5, 0.6) is 0 Å². The van der Waals surface area contributed by atoms with E-state index >= 15 is 0 Å². The van der Waals surface area contributed by atoms with Gasteiger partial charge in [0.1, 0.15) is 23.1 Å². The van der Waals surface area contributed by atoms with Crippen molar-refractivity contribution in [1.29, 1.82) is 0 Å². The maximum absolute atomic E-state index is 13.4. The molecule has 0 saturated heterocycles. The van der Waals surface area contributed by atoms with Crippen molar-refractivity contribution in [3.8, 4) is 0 Å². The second-order valence-electron chi connectivity index (χ2n) is 4.11. The standard InChI is InChI=1S/C13H10F3NO2S/c1-8-7-9(5-6-10(8)14)20(18,19)17-13-11(15)3-2-4-12(13)16/h2-7,17H,1H3. The lowest BCUT2D eigenvalue weighted by Gasteiger charge is -2.10. The summed E-state index contributed by atoms with van der Waals surface area (Å²) in [5.41, 5.74) is -0.656. The highest BCUT2D eigenvalue weighted by Gasteiger charge is 2.19. The van der Waals surface area contributed by atoms with Crippen molar-refractivity contribution in [2.24, 2.45) is 0 Å². The first kappa shape index (κ1) is 14.4. The molecule has 0 radical (unpaired) electrons. The SMILES string of the molecule is Cc1cc(S(=O)(=O)Nc2c(F)cccc2F)ccc1F. The molecule has 0 aliphatic rings. The van der Waals surface area contributed by atoms with E-state index in [1.54, 1.807) is 0 Å². The third-order valence-corrected chi connectivity index (χ3v) is 3.99. The minimum Gasteiger partial charge on any atom is -0.274 e. The van der Waals surface area contributed by atoms with Gasteiger partial charge in [-0.2, -0.15) is 0 Å². The lowest BCUT2D eigenvalue weighted by Crippen LogP contribution is -2.15. The predicted octanol–water partition coefficient (Wildman–Crippen LogP) is 3.21. The number of benzene rings is 2. The molecule has 0 amide bonds. The molecule has 1 N–H and O–H groups in total. The first-order valence-corrected chi connectivity index (χ1v) is 7.02. The molecule has 0 heterocycles. The molecule has 20 heavy (non-hydrogen) atoms. The average Bonchev–Trinajstić information content (AvgIpc) is 2.37. The summed E-state index contributed by atoms with van der Waals surface area (Å²) in [5.74, 6) is -2.64. The lowest BCUT2D eigenvalue weighted by atomic mass is 10.2. The van der Waals surface area contributed by atoms with Crippen LogP contribution >= 0.6 is 0 Å². The number of nitrogens with one attached hydrogen (secondary N) is 1. The molecule has 0 aliphatic carbocycles. The van der Waals surface area contributed by atoms with Crippen LogP contribution in [0, 0.1) is 24.4 Å². The van der Waals surface area contributed by atoms with E-state index in [4.69, 9.17) is 0 Å². The van der Waals surface area contributed by atoms with Gasteiger partial charge in [-0.1, -0.05) is 6.07 Å². The van der Waals surface area contributed by atoms with Crippen molar-refractivity contribution in [2.45, 2.75) is 11.8 Å². The van der Waals surface area contributed by atoms with E-state index in [9.17, 15) is 21.6 Å². The fourth-order valence-electron chi connectivity index (χ4n) is 1.57. The van der Waals surface area contributed by atoms with Crippen LogP contribution in [0.15, 0.2) is 41.3 Å². The second kappa shape index (κ2) is 5.16. The van der Waals surface area contributed by atoms with Crippen LogP contribution in [0.3, 0.4) is 0 Å². The van der Waals surface area contributed by atoms with Crippen LogP contribution in [0.1, 0.15) is 5.56 Å². The summed E-state index contributed by atoms with van der Waals surface area (Å²) in [6, 6.07) is 6.04. The first-order chi connectivity index (χ1) is 9.31. The van der Waals surface area contributed by atoms with Gasteiger partial charge in [0.25, 0.3) is 10.0 Å². The van der Waals surface area contributed by atoms with Crippen molar-refractivity contribution < 1.29 is 21.6 Å². The molecule has 0 saturated carbocycles. The van der Waals surface area contributed by atoms with E-state index in [-0.39, 0.29) is 10.5 Å². The molecule has 0 spiro atoms. The third kappa shape index (κ3) is 2.77. The Balaban J connectivity index is 2.43. The van der Waals surface area contributed by atoms with Crippen molar-refractivity contribution in [3.63, 3.8) is 0 Å². The third-order valence-electron chi connectivity index (χ3n) is 2.64. The Labute approximate surface area is 114 Å². The van der Waals surface area contributed by atoms with Gasteiger partial charge < -0.3 is 0 Å². The highest BCUT2D eigenvalue weighted by molar-refractivity contribution is 7.92. The minimum atomic E-state index is -4.19. The fraction of sp³-hybridized carbons (Fsp3) is 0.0769. The highest BCUT2D eigenvalue weighted by Crippen LogP contribution is 2.23. The largest absolute Gasteiger partial charge is 0.274 e. The van der Waals surface area contributed by atoms with Gasteiger partial charge in [-0.15, -0.1) is 0 Å². The summed E-state index contributed by atoms with van der Waals surface area (Å²) in [5, 5.41) is 0. The zero-order valence-corrected chi connectivity index (χ0v) is 11.1. The van der Waals surface area contributed by atoms with Crippen LogP contribution in [0.2, 0.25) is 0 Å². The van der Waals surface area contributed by atoms with E-state index in [0.717, 1.165) is 36.4 Å². The Kier molecular flexibility index (Phi) is 3.71. The summed E-state index contributed by atoms with van der Waals surface area (Å²) in [6.45, 7) is 1.39. The monoisotopic (exact) mass is 301 g/mol. The Morgan fingerprint density at radius 1 is 0.950 bits per heavy atom. The van der Waals surface area contributed by atoms with Crippen molar-refractivity contribution in [3.05, 3.63) is 59.4 Å². The molecule has 2 aromatic rings. The number of hydrogen-bond donors (Lipinski definition) is 1. The maximum atomic E-state index is 13.4. The Morgan fingerprint density at radius 2 is 1.55 bits per heavy atom. The molecule has 7 heteroatoms. The van der Waals surface area contributed by atoms with E-state index in [1.807, 2.05) is 4.72 Å². The van der Waals surface area contributed by atoms with Gasteiger partial charge in [0, 0.05) is 0 Å². The summed E-state index contributed by atoms with van der Waals surface area (Å²) >= 11 is 0. The van der Waals surface area contributed by atoms with E-state index in [0.29, 0.717) is 0 Å². The number of anilines is 1. The van der Waals surface area contributed by atoms with Crippen LogP contribution in [0.25, 0.3) is 0 Å². The van der Waals surface area contributed by atoms with Gasteiger partial charge in [0.2, 0.25) is 0 Å². The zero-order valence-electron chi connectivity index (χ0n) is 10.3. The number of rotatable bonds is 3. The van der Waals surface area contributed by atoms with E-state index < -0.39 is 33.2 Å². The quantitative estimate of drug-likeness (QED) is 0.946. The molecule has 0 bridgehead atoms. The Morgan fingerprint density at radius 3 is 2.10 bits per heavy atom. The maximum Gasteiger partial charge on any atom is 0.262 e. The number of halogens is 3. The Bertz CT molecular complexity index is 740. The summed E-state index contributed by atoms with van der Waals surface area (Å²) in [4.78, 5) is -0.279. The van der Waals surface area contributed by atoms with E-state index in [2.05, 4.69) is 0 Å². The number of aryl methyl sites for hydroxylation is 1. The van der Waals surface area contributed by atoms with Crippen LogP contribution in [-0.2, 0) is 10.0 Å². The zero-order chi connectivity index (χ0) is 14.9. The fourth-order valence-corrected chi connectivity index (χ4v) is 2.73. The number of sulfonamides is 1. The number of hydrogen-bond acceptors (Lipinski definition) is 2. The average molecular weight is 301 g/mol. The molecule has 2 aromatic carbocycles. The molecule has 0 aromatic heterocycles. The topological polar surface area (TPSA) is 46.2 Å². The molecular formula is C13H10F3NO2S. The smallest absolute Gasteiger partial charge is 0.262 e. The van der Waals surface area contributed by atoms with Gasteiger partial charge in [-0.25, -0.2) is 21.6 Å². The van der Waals surface area contributed by atoms with Crippen LogP contribution < -0.4 is 4.72 Å². The highest BCUT2D eigenvalue weighted by atomic mass is 32.2.